The van der Waals surface area contributed by atoms with E-state index in [0.717, 1.165) is 0 Å². The number of benzene rings is 1. The maximum Gasteiger partial charge on any atom is 0.397 e. The molecule has 1 saturated heterocycles. The van der Waals surface area contributed by atoms with Crippen LogP contribution in [0.15, 0.2) is 47.6 Å². The molecule has 1 aromatic carbocycles. The van der Waals surface area contributed by atoms with E-state index in [4.69, 9.17) is 5.73 Å². The van der Waals surface area contributed by atoms with E-state index in [1.165, 1.54) is 22.9 Å². The van der Waals surface area contributed by atoms with E-state index in [-0.39, 0.29) is 19.0 Å². The Morgan fingerprint density at radius 1 is 1.30 bits per heavy atom. The van der Waals surface area contributed by atoms with Gasteiger partial charge in [0, 0.05) is 30.0 Å². The van der Waals surface area contributed by atoms with Crippen LogP contribution in [-0.2, 0) is 10.3 Å². The Morgan fingerprint density at radius 3 is 2.83 bits per heavy atom. The van der Waals surface area contributed by atoms with Crippen LogP contribution in [0.2, 0.25) is 0 Å². The third-order valence-corrected chi connectivity index (χ3v) is 6.38. The number of rotatable bonds is 3. The molecule has 158 valence electrons. The highest BCUT2D eigenvalue weighted by molar-refractivity contribution is 8.13. The number of alkyl halides is 3. The molecule has 1 fully saturated rings. The fraction of sp³-hybridized carbons (Fsp3) is 0.350. The number of carbonyl (C=O) groups is 1. The number of hydrogen-bond acceptors (Lipinski definition) is 5. The lowest BCUT2D eigenvalue weighted by Gasteiger charge is -2.35. The summed E-state index contributed by atoms with van der Waals surface area (Å²) in [5.74, 6) is -1.29. The quantitative estimate of drug-likeness (QED) is 0.588. The Hall–Kier alpha value is -2.62. The minimum Gasteiger partial charge on any atom is -0.379 e. The van der Waals surface area contributed by atoms with Gasteiger partial charge in [-0.15, -0.1) is 0 Å². The number of aliphatic imine (C=N–C) groups is 1. The van der Waals surface area contributed by atoms with Gasteiger partial charge in [0.15, 0.2) is 5.17 Å². The first-order chi connectivity index (χ1) is 14.2. The standard InChI is InChI=1S/C20H18F4N4OS/c21-17-15(5-2-6-26-17)12-3-1-4-13(7-12)19-11-28(16(29)8-20(22,23)24)9-14(19)10-30-18(25)27-19/h1-7,14H,8-11H2,(H2,25,27). The van der Waals surface area contributed by atoms with Gasteiger partial charge in [-0.2, -0.15) is 17.6 Å². The van der Waals surface area contributed by atoms with Crippen molar-refractivity contribution in [3.8, 4) is 11.1 Å². The van der Waals surface area contributed by atoms with Crippen LogP contribution in [0.25, 0.3) is 11.1 Å². The first-order valence-corrected chi connectivity index (χ1v) is 10.2. The molecule has 1 aromatic heterocycles. The molecule has 2 unspecified atom stereocenters. The summed E-state index contributed by atoms with van der Waals surface area (Å²) in [7, 11) is 0. The van der Waals surface area contributed by atoms with Gasteiger partial charge in [-0.3, -0.25) is 4.79 Å². The monoisotopic (exact) mass is 438 g/mol. The number of nitrogens with two attached hydrogens (primary N) is 1. The average molecular weight is 438 g/mol. The van der Waals surface area contributed by atoms with Gasteiger partial charge >= 0.3 is 6.18 Å². The first-order valence-electron chi connectivity index (χ1n) is 9.22. The van der Waals surface area contributed by atoms with Gasteiger partial charge in [0.25, 0.3) is 0 Å². The van der Waals surface area contributed by atoms with Crippen molar-refractivity contribution in [1.29, 1.82) is 0 Å². The van der Waals surface area contributed by atoms with Crippen molar-refractivity contribution in [2.75, 3.05) is 18.8 Å². The highest BCUT2D eigenvalue weighted by atomic mass is 32.2. The first kappa shape index (κ1) is 20.6. The molecule has 0 aliphatic carbocycles. The molecule has 2 aromatic rings. The predicted octanol–water partition coefficient (Wildman–Crippen LogP) is 3.56. The molecule has 30 heavy (non-hydrogen) atoms. The Balaban J connectivity index is 1.73. The summed E-state index contributed by atoms with van der Waals surface area (Å²) in [6.07, 6.45) is -4.74. The van der Waals surface area contributed by atoms with E-state index < -0.39 is 30.0 Å². The highest BCUT2D eigenvalue weighted by Gasteiger charge is 2.52. The second-order valence-electron chi connectivity index (χ2n) is 7.37. The maximum atomic E-state index is 14.2. The topological polar surface area (TPSA) is 71.6 Å². The lowest BCUT2D eigenvalue weighted by atomic mass is 9.81. The summed E-state index contributed by atoms with van der Waals surface area (Å²) in [6, 6.07) is 10.2. The van der Waals surface area contributed by atoms with Gasteiger partial charge in [-0.25, -0.2) is 9.98 Å². The zero-order valence-electron chi connectivity index (χ0n) is 15.7. The summed E-state index contributed by atoms with van der Waals surface area (Å²) >= 11 is 1.32. The van der Waals surface area contributed by atoms with Crippen LogP contribution in [-0.4, -0.2) is 46.0 Å². The molecule has 2 aliphatic rings. The van der Waals surface area contributed by atoms with E-state index in [1.807, 2.05) is 0 Å². The van der Waals surface area contributed by atoms with Crippen LogP contribution in [0.5, 0.6) is 0 Å². The molecule has 0 radical (unpaired) electrons. The molecule has 3 heterocycles. The van der Waals surface area contributed by atoms with Gasteiger partial charge in [-0.05, 0) is 29.3 Å². The number of hydrogen-bond donors (Lipinski definition) is 1. The second-order valence-corrected chi connectivity index (χ2v) is 8.41. The summed E-state index contributed by atoms with van der Waals surface area (Å²) in [5.41, 5.74) is 6.55. The number of amidine groups is 1. The molecular weight excluding hydrogens is 420 g/mol. The Morgan fingerprint density at radius 2 is 2.10 bits per heavy atom. The Labute approximate surface area is 174 Å². The van der Waals surface area contributed by atoms with Gasteiger partial charge in [0.2, 0.25) is 11.9 Å². The molecule has 0 spiro atoms. The van der Waals surface area contributed by atoms with Crippen LogP contribution in [0.4, 0.5) is 17.6 Å². The molecule has 1 amide bonds. The number of amides is 1. The van der Waals surface area contributed by atoms with Crippen molar-refractivity contribution in [2.24, 2.45) is 16.6 Å². The van der Waals surface area contributed by atoms with Crippen molar-refractivity contribution < 1.29 is 22.4 Å². The number of nitrogens with zero attached hydrogens (tertiary/aromatic N) is 3. The predicted molar refractivity (Wildman–Crippen MR) is 106 cm³/mol. The smallest absolute Gasteiger partial charge is 0.379 e. The fourth-order valence-electron chi connectivity index (χ4n) is 4.06. The largest absolute Gasteiger partial charge is 0.397 e. The average Bonchev–Trinajstić information content (AvgIpc) is 3.07. The van der Waals surface area contributed by atoms with Gasteiger partial charge < -0.3 is 10.6 Å². The van der Waals surface area contributed by atoms with Crippen molar-refractivity contribution in [3.63, 3.8) is 0 Å². The molecule has 10 heteroatoms. The summed E-state index contributed by atoms with van der Waals surface area (Å²) < 4.78 is 52.4. The molecule has 2 atom stereocenters. The lowest BCUT2D eigenvalue weighted by Crippen LogP contribution is -2.40. The number of aromatic nitrogens is 1. The van der Waals surface area contributed by atoms with Crippen LogP contribution in [0, 0.1) is 11.9 Å². The summed E-state index contributed by atoms with van der Waals surface area (Å²) in [4.78, 5) is 21.7. The highest BCUT2D eigenvalue weighted by Crippen LogP contribution is 2.46. The molecule has 4 rings (SSSR count). The van der Waals surface area contributed by atoms with Crippen LogP contribution in [0.3, 0.4) is 0 Å². The SMILES string of the molecule is NC1=NC2(c3cccc(-c4cccnc4F)c3)CN(C(=O)CC(F)(F)F)CC2CS1. The van der Waals surface area contributed by atoms with E-state index >= 15 is 0 Å². The molecule has 2 N–H and O–H groups in total. The second kappa shape index (κ2) is 7.57. The number of thioether (sulfide) groups is 1. The van der Waals surface area contributed by atoms with Crippen LogP contribution < -0.4 is 5.73 Å². The van der Waals surface area contributed by atoms with Crippen molar-refractivity contribution >= 4 is 22.8 Å². The van der Waals surface area contributed by atoms with Crippen molar-refractivity contribution in [1.82, 2.24) is 9.88 Å². The summed E-state index contributed by atoms with van der Waals surface area (Å²) in [5, 5.41) is 0.314. The van der Waals surface area contributed by atoms with E-state index in [0.29, 0.717) is 27.6 Å². The third-order valence-electron chi connectivity index (χ3n) is 5.43. The van der Waals surface area contributed by atoms with Gasteiger partial charge in [0.05, 0.1) is 6.54 Å². The molecule has 0 saturated carbocycles. The number of likely N-dealkylation sites (tertiary alicyclic amines) is 1. The molecule has 2 aliphatic heterocycles. The minimum atomic E-state index is -4.58. The zero-order valence-corrected chi connectivity index (χ0v) is 16.5. The Kier molecular flexibility index (Phi) is 5.21. The maximum absolute atomic E-state index is 14.2. The zero-order chi connectivity index (χ0) is 21.5. The van der Waals surface area contributed by atoms with E-state index in [9.17, 15) is 22.4 Å². The van der Waals surface area contributed by atoms with Crippen LogP contribution >= 0.6 is 11.8 Å². The summed E-state index contributed by atoms with van der Waals surface area (Å²) in [6.45, 7) is 0.150. The van der Waals surface area contributed by atoms with Gasteiger partial charge in [-0.1, -0.05) is 30.0 Å². The number of halogens is 4. The molecule has 0 bridgehead atoms. The number of fused-ring (bicyclic) bond motifs is 1. The minimum absolute atomic E-state index is 0.00713. The van der Waals surface area contributed by atoms with Crippen molar-refractivity contribution in [3.05, 3.63) is 54.1 Å². The number of pyridine rings is 1. The Bertz CT molecular complexity index is 1010. The van der Waals surface area contributed by atoms with Gasteiger partial charge in [0.1, 0.15) is 12.0 Å². The molecular formula is C20H18F4N4OS. The normalized spacial score (nSPS) is 23.8. The lowest BCUT2D eigenvalue weighted by molar-refractivity contribution is -0.160. The van der Waals surface area contributed by atoms with E-state index in [1.54, 1.807) is 36.4 Å². The van der Waals surface area contributed by atoms with Crippen molar-refractivity contribution in [2.45, 2.75) is 18.1 Å². The number of carbonyl (C=O) groups excluding carboxylic acids is 1. The van der Waals surface area contributed by atoms with E-state index in [2.05, 4.69) is 9.98 Å². The molecule has 5 nitrogen and oxygen atoms in total. The fourth-order valence-corrected chi connectivity index (χ4v) is 5.04. The van der Waals surface area contributed by atoms with Crippen LogP contribution in [0.1, 0.15) is 12.0 Å². The third kappa shape index (κ3) is 3.88.